The third-order valence-electron chi connectivity index (χ3n) is 3.02. The molecule has 19 heavy (non-hydrogen) atoms. The summed E-state index contributed by atoms with van der Waals surface area (Å²) in [5, 5.41) is 4.25. The van der Waals surface area contributed by atoms with Gasteiger partial charge in [-0.3, -0.25) is 0 Å². The monoisotopic (exact) mass is 333 g/mol. The summed E-state index contributed by atoms with van der Waals surface area (Å²) in [4.78, 5) is 0. The highest BCUT2D eigenvalue weighted by atomic mass is 35.5. The molecule has 2 atom stereocenters. The van der Waals surface area contributed by atoms with Crippen LogP contribution in [0.2, 0.25) is 13.7 Å². The first-order valence-electron chi connectivity index (χ1n) is 5.94. The molecule has 0 saturated heterocycles. The van der Waals surface area contributed by atoms with Crippen LogP contribution in [0, 0.1) is 0 Å². The van der Waals surface area contributed by atoms with E-state index in [9.17, 15) is 0 Å². The Morgan fingerprint density at radius 3 is 2.21 bits per heavy atom. The number of hydrogen-bond donors (Lipinski definition) is 1. The van der Waals surface area contributed by atoms with Gasteiger partial charge in [-0.1, -0.05) is 53.0 Å². The van der Waals surface area contributed by atoms with Crippen molar-refractivity contribution in [3.8, 4) is 0 Å². The molecule has 1 N–H and O–H groups in total. The molecule has 102 valence electrons. The van der Waals surface area contributed by atoms with Crippen LogP contribution in [0.3, 0.4) is 0 Å². The van der Waals surface area contributed by atoms with Crippen LogP contribution in [0.4, 0.5) is 0 Å². The molecule has 2 rings (SSSR count). The van der Waals surface area contributed by atoms with Gasteiger partial charge >= 0.3 is 0 Å². The fourth-order valence-corrected chi connectivity index (χ4v) is 3.97. The van der Waals surface area contributed by atoms with Crippen LogP contribution in [0.5, 0.6) is 0 Å². The molecule has 0 bridgehead atoms. The van der Waals surface area contributed by atoms with Gasteiger partial charge in [0.05, 0.1) is 8.67 Å². The van der Waals surface area contributed by atoms with Crippen LogP contribution < -0.4 is 5.32 Å². The molecular weight excluding hydrogens is 321 g/mol. The summed E-state index contributed by atoms with van der Waals surface area (Å²) < 4.78 is 1.44. The zero-order chi connectivity index (χ0) is 14.0. The average Bonchev–Trinajstić information content (AvgIpc) is 2.69. The van der Waals surface area contributed by atoms with Crippen molar-refractivity contribution in [1.29, 1.82) is 0 Å². The highest BCUT2D eigenvalue weighted by Crippen LogP contribution is 2.36. The first-order chi connectivity index (χ1) is 8.99. The number of rotatable bonds is 4. The Morgan fingerprint density at radius 1 is 1.00 bits per heavy atom. The minimum atomic E-state index is 0.113. The molecule has 1 aromatic carbocycles. The molecule has 1 heterocycles. The molecule has 0 spiro atoms. The van der Waals surface area contributed by atoms with E-state index in [1.54, 1.807) is 0 Å². The molecule has 0 radical (unpaired) electrons. The fourth-order valence-electron chi connectivity index (χ4n) is 2.03. The van der Waals surface area contributed by atoms with Gasteiger partial charge in [0.25, 0.3) is 0 Å². The lowest BCUT2D eigenvalue weighted by molar-refractivity contribution is 0.496. The maximum atomic E-state index is 6.20. The second-order valence-electron chi connectivity index (χ2n) is 4.41. The topological polar surface area (TPSA) is 12.0 Å². The molecule has 0 amide bonds. The molecule has 0 aliphatic carbocycles. The Morgan fingerprint density at radius 2 is 1.63 bits per heavy atom. The van der Waals surface area contributed by atoms with Crippen LogP contribution in [-0.4, -0.2) is 0 Å². The quantitative estimate of drug-likeness (QED) is 0.710. The molecule has 0 aliphatic rings. The normalized spacial score (nSPS) is 14.4. The lowest BCUT2D eigenvalue weighted by atomic mass is 10.1. The minimum absolute atomic E-state index is 0.113. The number of nitrogens with one attached hydrogen (secondary N) is 1. The zero-order valence-electron chi connectivity index (χ0n) is 10.6. The summed E-state index contributed by atoms with van der Waals surface area (Å²) in [6.45, 7) is 4.15. The van der Waals surface area contributed by atoms with Gasteiger partial charge < -0.3 is 5.32 Å². The van der Waals surface area contributed by atoms with E-state index < -0.39 is 0 Å². The van der Waals surface area contributed by atoms with Crippen LogP contribution in [0.25, 0.3) is 0 Å². The van der Waals surface area contributed by atoms with Gasteiger partial charge in [-0.2, -0.15) is 0 Å². The van der Waals surface area contributed by atoms with E-state index in [4.69, 9.17) is 34.8 Å². The molecule has 0 aliphatic heterocycles. The van der Waals surface area contributed by atoms with Gasteiger partial charge in [0.15, 0.2) is 0 Å². The standard InChI is InChI=1S/C14H14Cl3NS/c1-8(10-5-3-4-6-12(10)15)18-9(2)11-7-13(16)19-14(11)17/h3-9,18H,1-2H3/t8-,9?/m1/s1. The van der Waals surface area contributed by atoms with Gasteiger partial charge in [0.2, 0.25) is 0 Å². The predicted molar refractivity (Wildman–Crippen MR) is 85.8 cm³/mol. The highest BCUT2D eigenvalue weighted by molar-refractivity contribution is 7.20. The van der Waals surface area contributed by atoms with Gasteiger partial charge in [0, 0.05) is 17.1 Å². The smallest absolute Gasteiger partial charge is 0.0991 e. The summed E-state index contributed by atoms with van der Waals surface area (Å²) in [6.07, 6.45) is 0. The number of thiophene rings is 1. The summed E-state index contributed by atoms with van der Waals surface area (Å²) >= 11 is 19.7. The first-order valence-corrected chi connectivity index (χ1v) is 7.89. The van der Waals surface area contributed by atoms with E-state index in [1.165, 1.54) is 11.3 Å². The summed E-state index contributed by atoms with van der Waals surface area (Å²) in [7, 11) is 0. The Hall–Kier alpha value is -0.250. The first kappa shape index (κ1) is 15.1. The van der Waals surface area contributed by atoms with Crippen molar-refractivity contribution in [2.45, 2.75) is 25.9 Å². The van der Waals surface area contributed by atoms with Gasteiger partial charge in [-0.05, 0) is 37.1 Å². The van der Waals surface area contributed by atoms with Crippen LogP contribution in [-0.2, 0) is 0 Å². The molecule has 0 fully saturated rings. The summed E-state index contributed by atoms with van der Waals surface area (Å²) in [5.41, 5.74) is 2.10. The third-order valence-corrected chi connectivity index (χ3v) is 4.88. The highest BCUT2D eigenvalue weighted by Gasteiger charge is 2.17. The van der Waals surface area contributed by atoms with E-state index in [2.05, 4.69) is 19.2 Å². The van der Waals surface area contributed by atoms with Crippen molar-refractivity contribution >= 4 is 46.1 Å². The average molecular weight is 335 g/mol. The SMILES string of the molecule is CC(N[C@H](C)c1ccccc1Cl)c1cc(Cl)sc1Cl. The Bertz CT molecular complexity index is 568. The fraction of sp³-hybridized carbons (Fsp3) is 0.286. The van der Waals surface area contributed by atoms with E-state index in [-0.39, 0.29) is 12.1 Å². The largest absolute Gasteiger partial charge is 0.304 e. The molecule has 2 aromatic rings. The second kappa shape index (κ2) is 6.47. The Kier molecular flexibility index (Phi) is 5.15. The number of halogens is 3. The van der Waals surface area contributed by atoms with Crippen LogP contribution in [0.15, 0.2) is 30.3 Å². The van der Waals surface area contributed by atoms with Crippen molar-refractivity contribution < 1.29 is 0 Å². The molecule has 1 unspecified atom stereocenters. The Balaban J connectivity index is 2.13. The molecule has 5 heteroatoms. The maximum Gasteiger partial charge on any atom is 0.0991 e. The van der Waals surface area contributed by atoms with Crippen molar-refractivity contribution in [2.75, 3.05) is 0 Å². The lowest BCUT2D eigenvalue weighted by Gasteiger charge is -2.21. The van der Waals surface area contributed by atoms with Gasteiger partial charge in [-0.25, -0.2) is 0 Å². The molecule has 1 nitrogen and oxygen atoms in total. The van der Waals surface area contributed by atoms with E-state index in [1.807, 2.05) is 30.3 Å². The summed E-state index contributed by atoms with van der Waals surface area (Å²) in [5.74, 6) is 0. The van der Waals surface area contributed by atoms with Crippen molar-refractivity contribution in [3.05, 3.63) is 55.2 Å². The van der Waals surface area contributed by atoms with E-state index in [0.717, 1.165) is 20.5 Å². The lowest BCUT2D eigenvalue weighted by Crippen LogP contribution is -2.22. The van der Waals surface area contributed by atoms with E-state index in [0.29, 0.717) is 4.34 Å². The van der Waals surface area contributed by atoms with Gasteiger partial charge in [-0.15, -0.1) is 11.3 Å². The molecule has 0 saturated carbocycles. The minimum Gasteiger partial charge on any atom is -0.304 e. The van der Waals surface area contributed by atoms with Crippen LogP contribution >= 0.6 is 46.1 Å². The maximum absolute atomic E-state index is 6.20. The molecular formula is C14H14Cl3NS. The van der Waals surface area contributed by atoms with Gasteiger partial charge in [0.1, 0.15) is 0 Å². The van der Waals surface area contributed by atoms with E-state index >= 15 is 0 Å². The van der Waals surface area contributed by atoms with Crippen LogP contribution in [0.1, 0.15) is 37.1 Å². The van der Waals surface area contributed by atoms with Crippen molar-refractivity contribution in [1.82, 2.24) is 5.32 Å². The second-order valence-corrected chi connectivity index (χ2v) is 7.10. The predicted octanol–water partition coefficient (Wildman–Crippen LogP) is 6.12. The third kappa shape index (κ3) is 3.65. The summed E-state index contributed by atoms with van der Waals surface area (Å²) in [6, 6.07) is 9.99. The number of hydrogen-bond acceptors (Lipinski definition) is 2. The van der Waals surface area contributed by atoms with Crippen molar-refractivity contribution in [3.63, 3.8) is 0 Å². The molecule has 1 aromatic heterocycles. The van der Waals surface area contributed by atoms with Crippen molar-refractivity contribution in [2.24, 2.45) is 0 Å². The number of benzene rings is 1. The Labute approximate surface area is 132 Å². The zero-order valence-corrected chi connectivity index (χ0v) is 13.7.